The SMILES string of the molecule is COCCC1(C(=O)Nc2ccc(C(=O)NCC(=O)O)cc2)CC1. The Morgan fingerprint density at radius 1 is 1.22 bits per heavy atom. The summed E-state index contributed by atoms with van der Waals surface area (Å²) in [5.41, 5.74) is 0.617. The summed E-state index contributed by atoms with van der Waals surface area (Å²) in [6, 6.07) is 6.34. The molecule has 1 fully saturated rings. The first-order valence-electron chi connectivity index (χ1n) is 7.37. The molecule has 0 aromatic heterocycles. The van der Waals surface area contributed by atoms with Gasteiger partial charge in [0.15, 0.2) is 0 Å². The van der Waals surface area contributed by atoms with Crippen LogP contribution in [0.15, 0.2) is 24.3 Å². The van der Waals surface area contributed by atoms with Crippen molar-refractivity contribution in [2.24, 2.45) is 5.41 Å². The molecule has 0 bridgehead atoms. The van der Waals surface area contributed by atoms with Crippen LogP contribution in [0, 0.1) is 5.41 Å². The van der Waals surface area contributed by atoms with E-state index in [2.05, 4.69) is 10.6 Å². The fourth-order valence-electron chi connectivity index (χ4n) is 2.27. The third kappa shape index (κ3) is 4.53. The van der Waals surface area contributed by atoms with Gasteiger partial charge in [-0.3, -0.25) is 14.4 Å². The summed E-state index contributed by atoms with van der Waals surface area (Å²) in [4.78, 5) is 34.4. The van der Waals surface area contributed by atoms with Gasteiger partial charge in [0.2, 0.25) is 5.91 Å². The number of carbonyl (C=O) groups is 3. The molecule has 23 heavy (non-hydrogen) atoms. The van der Waals surface area contributed by atoms with E-state index in [-0.39, 0.29) is 11.3 Å². The summed E-state index contributed by atoms with van der Waals surface area (Å²) in [6.07, 6.45) is 2.42. The number of carbonyl (C=O) groups excluding carboxylic acids is 2. The minimum atomic E-state index is -1.10. The van der Waals surface area contributed by atoms with E-state index in [1.807, 2.05) is 0 Å². The first-order chi connectivity index (χ1) is 11.0. The third-order valence-electron chi connectivity index (χ3n) is 3.93. The van der Waals surface area contributed by atoms with Gasteiger partial charge in [-0.25, -0.2) is 0 Å². The number of methoxy groups -OCH3 is 1. The van der Waals surface area contributed by atoms with Crippen LogP contribution in [-0.4, -0.2) is 43.2 Å². The number of hydrogen-bond acceptors (Lipinski definition) is 4. The molecule has 7 nitrogen and oxygen atoms in total. The number of carboxylic acid groups (broad SMARTS) is 1. The van der Waals surface area contributed by atoms with Crippen LogP contribution in [0.4, 0.5) is 5.69 Å². The number of amides is 2. The summed E-state index contributed by atoms with van der Waals surface area (Å²) in [6.45, 7) is 0.120. The predicted molar refractivity (Wildman–Crippen MR) is 83.2 cm³/mol. The smallest absolute Gasteiger partial charge is 0.322 e. The molecule has 0 unspecified atom stereocenters. The van der Waals surface area contributed by atoms with Gasteiger partial charge >= 0.3 is 5.97 Å². The molecule has 124 valence electrons. The van der Waals surface area contributed by atoms with Crippen LogP contribution in [0.3, 0.4) is 0 Å². The summed E-state index contributed by atoms with van der Waals surface area (Å²) in [5, 5.41) is 13.7. The Bertz CT molecular complexity index is 593. The highest BCUT2D eigenvalue weighted by molar-refractivity contribution is 5.99. The Balaban J connectivity index is 1.91. The number of ether oxygens (including phenoxy) is 1. The van der Waals surface area contributed by atoms with Crippen molar-refractivity contribution in [3.8, 4) is 0 Å². The van der Waals surface area contributed by atoms with Crippen molar-refractivity contribution in [3.63, 3.8) is 0 Å². The van der Waals surface area contributed by atoms with E-state index in [9.17, 15) is 14.4 Å². The van der Waals surface area contributed by atoms with Gasteiger partial charge in [0, 0.05) is 25.0 Å². The van der Waals surface area contributed by atoms with Gasteiger partial charge in [-0.2, -0.15) is 0 Å². The largest absolute Gasteiger partial charge is 0.480 e. The molecule has 3 N–H and O–H groups in total. The highest BCUT2D eigenvalue weighted by Crippen LogP contribution is 2.49. The van der Waals surface area contributed by atoms with E-state index >= 15 is 0 Å². The zero-order valence-electron chi connectivity index (χ0n) is 12.9. The lowest BCUT2D eigenvalue weighted by Crippen LogP contribution is -2.29. The van der Waals surface area contributed by atoms with Gasteiger partial charge < -0.3 is 20.5 Å². The predicted octanol–water partition coefficient (Wildman–Crippen LogP) is 1.26. The molecule has 2 rings (SSSR count). The van der Waals surface area contributed by atoms with Crippen LogP contribution in [0.1, 0.15) is 29.6 Å². The van der Waals surface area contributed by atoms with Crippen molar-refractivity contribution in [1.29, 1.82) is 0 Å². The zero-order valence-corrected chi connectivity index (χ0v) is 12.9. The third-order valence-corrected chi connectivity index (χ3v) is 3.93. The number of hydrogen-bond donors (Lipinski definition) is 3. The Morgan fingerprint density at radius 2 is 1.87 bits per heavy atom. The summed E-state index contributed by atoms with van der Waals surface area (Å²) in [5.74, 6) is -1.60. The molecule has 0 atom stereocenters. The van der Waals surface area contributed by atoms with Gasteiger partial charge in [0.1, 0.15) is 6.54 Å². The Morgan fingerprint density at radius 3 is 2.39 bits per heavy atom. The number of rotatable bonds is 8. The fraction of sp³-hybridized carbons (Fsp3) is 0.438. The Labute approximate surface area is 134 Å². The topological polar surface area (TPSA) is 105 Å². The van der Waals surface area contributed by atoms with Crippen molar-refractivity contribution in [3.05, 3.63) is 29.8 Å². The quantitative estimate of drug-likeness (QED) is 0.669. The second-order valence-electron chi connectivity index (χ2n) is 5.63. The van der Waals surface area contributed by atoms with E-state index in [1.165, 1.54) is 0 Å². The van der Waals surface area contributed by atoms with E-state index in [0.717, 1.165) is 12.8 Å². The lowest BCUT2D eigenvalue weighted by molar-refractivity contribution is -0.135. The first kappa shape index (κ1) is 17.0. The first-order valence-corrected chi connectivity index (χ1v) is 7.37. The molecule has 1 aliphatic rings. The molecular weight excluding hydrogens is 300 g/mol. The number of benzene rings is 1. The van der Waals surface area contributed by atoms with Crippen molar-refractivity contribution < 1.29 is 24.2 Å². The summed E-state index contributed by atoms with van der Waals surface area (Å²) < 4.78 is 5.03. The Kier molecular flexibility index (Phi) is 5.33. The lowest BCUT2D eigenvalue weighted by atomic mass is 10.0. The maximum absolute atomic E-state index is 12.3. The molecule has 2 amide bonds. The molecule has 0 saturated heterocycles. The molecule has 0 radical (unpaired) electrons. The van der Waals surface area contributed by atoms with E-state index in [4.69, 9.17) is 9.84 Å². The van der Waals surface area contributed by atoms with Crippen LogP contribution in [0.25, 0.3) is 0 Å². The van der Waals surface area contributed by atoms with Gasteiger partial charge in [0.25, 0.3) is 5.91 Å². The molecular formula is C16H20N2O5. The van der Waals surface area contributed by atoms with Gasteiger partial charge in [-0.15, -0.1) is 0 Å². The van der Waals surface area contributed by atoms with E-state index in [1.54, 1.807) is 31.4 Å². The minimum absolute atomic E-state index is 0.0300. The lowest BCUT2D eigenvalue weighted by Gasteiger charge is -2.15. The average molecular weight is 320 g/mol. The summed E-state index contributed by atoms with van der Waals surface area (Å²) in [7, 11) is 1.61. The van der Waals surface area contributed by atoms with Crippen LogP contribution in [-0.2, 0) is 14.3 Å². The van der Waals surface area contributed by atoms with Crippen LogP contribution in [0.2, 0.25) is 0 Å². The van der Waals surface area contributed by atoms with Crippen LogP contribution >= 0.6 is 0 Å². The number of aliphatic carboxylic acids is 1. The van der Waals surface area contributed by atoms with Gasteiger partial charge in [-0.1, -0.05) is 0 Å². The normalized spacial score (nSPS) is 14.8. The van der Waals surface area contributed by atoms with Crippen LogP contribution in [0.5, 0.6) is 0 Å². The number of anilines is 1. The monoisotopic (exact) mass is 320 g/mol. The van der Waals surface area contributed by atoms with E-state index in [0.29, 0.717) is 24.3 Å². The zero-order chi connectivity index (χ0) is 16.9. The molecule has 1 saturated carbocycles. The molecule has 1 aromatic carbocycles. The van der Waals surface area contributed by atoms with Gasteiger partial charge in [0.05, 0.1) is 5.41 Å². The van der Waals surface area contributed by atoms with Crippen LogP contribution < -0.4 is 10.6 Å². The Hall–Kier alpha value is -2.41. The standard InChI is InChI=1S/C16H20N2O5/c1-23-9-8-16(6-7-16)15(22)18-12-4-2-11(3-5-12)14(21)17-10-13(19)20/h2-5H,6-10H2,1H3,(H,17,21)(H,18,22)(H,19,20). The minimum Gasteiger partial charge on any atom is -0.480 e. The van der Waals surface area contributed by atoms with E-state index < -0.39 is 18.4 Å². The summed E-state index contributed by atoms with van der Waals surface area (Å²) >= 11 is 0. The molecule has 0 heterocycles. The molecule has 1 aliphatic carbocycles. The average Bonchev–Trinajstić information content (AvgIpc) is 3.32. The van der Waals surface area contributed by atoms with Crippen molar-refractivity contribution in [2.75, 3.05) is 25.6 Å². The molecule has 0 spiro atoms. The molecule has 1 aromatic rings. The highest BCUT2D eigenvalue weighted by Gasteiger charge is 2.49. The second kappa shape index (κ2) is 7.23. The maximum atomic E-state index is 12.3. The number of nitrogens with one attached hydrogen (secondary N) is 2. The fourth-order valence-corrected chi connectivity index (χ4v) is 2.27. The van der Waals surface area contributed by atoms with Gasteiger partial charge in [-0.05, 0) is 43.5 Å². The molecule has 7 heteroatoms. The van der Waals surface area contributed by atoms with Crippen molar-refractivity contribution in [1.82, 2.24) is 5.32 Å². The van der Waals surface area contributed by atoms with Crippen molar-refractivity contribution in [2.45, 2.75) is 19.3 Å². The maximum Gasteiger partial charge on any atom is 0.322 e. The second-order valence-corrected chi connectivity index (χ2v) is 5.63. The molecule has 0 aliphatic heterocycles. The van der Waals surface area contributed by atoms with Crippen molar-refractivity contribution >= 4 is 23.5 Å². The number of carboxylic acids is 1. The highest BCUT2D eigenvalue weighted by atomic mass is 16.5.